The fourth-order valence-electron chi connectivity index (χ4n) is 2.25. The van der Waals surface area contributed by atoms with Gasteiger partial charge in [0.25, 0.3) is 0 Å². The molecule has 0 radical (unpaired) electrons. The Morgan fingerprint density at radius 2 is 1.94 bits per heavy atom. The Bertz CT molecular complexity index is 547. The molecule has 0 spiro atoms. The first-order valence-corrected chi connectivity index (χ1v) is 7.54. The first-order valence-electron chi connectivity index (χ1n) is 5.65. The second-order valence-corrected chi connectivity index (χ2v) is 6.64. The Morgan fingerprint density at radius 1 is 1.19 bits per heavy atom. The van der Waals surface area contributed by atoms with Crippen molar-refractivity contribution in [2.45, 2.75) is 43.0 Å². The van der Waals surface area contributed by atoms with Crippen LogP contribution in [0, 0.1) is 0 Å². The van der Waals surface area contributed by atoms with Crippen molar-refractivity contribution < 1.29 is 8.42 Å². The predicted molar refractivity (Wildman–Crippen MR) is 59.1 cm³/mol. The van der Waals surface area contributed by atoms with Gasteiger partial charge >= 0.3 is 0 Å². The van der Waals surface area contributed by atoms with E-state index in [4.69, 9.17) is 0 Å². The molecule has 5 heteroatoms. The second-order valence-electron chi connectivity index (χ2n) is 4.71. The van der Waals surface area contributed by atoms with Crippen molar-refractivity contribution in [3.8, 4) is 0 Å². The standard InChI is InChI=1S/C11H14N2O2S/c1-16(14,15)11-8-3-2-4-9(8)12-10(13-11)7-5-6-7/h7H,2-6H2,1H3. The highest BCUT2D eigenvalue weighted by Gasteiger charge is 2.31. The first kappa shape index (κ1) is 10.2. The molecule has 0 atom stereocenters. The van der Waals surface area contributed by atoms with Crippen LogP contribution in [0.2, 0.25) is 0 Å². The minimum Gasteiger partial charge on any atom is -0.237 e. The van der Waals surface area contributed by atoms with Gasteiger partial charge in [-0.3, -0.25) is 0 Å². The van der Waals surface area contributed by atoms with Crippen LogP contribution < -0.4 is 0 Å². The molecule has 0 N–H and O–H groups in total. The summed E-state index contributed by atoms with van der Waals surface area (Å²) in [5.41, 5.74) is 1.84. The molecule has 0 aliphatic heterocycles. The zero-order valence-corrected chi connectivity index (χ0v) is 10.0. The summed E-state index contributed by atoms with van der Waals surface area (Å²) in [6.45, 7) is 0. The summed E-state index contributed by atoms with van der Waals surface area (Å²) in [6.07, 6.45) is 6.15. The molecule has 3 rings (SSSR count). The van der Waals surface area contributed by atoms with Crippen molar-refractivity contribution in [3.63, 3.8) is 0 Å². The van der Waals surface area contributed by atoms with Gasteiger partial charge in [0.1, 0.15) is 5.82 Å². The Hall–Kier alpha value is -0.970. The summed E-state index contributed by atoms with van der Waals surface area (Å²) >= 11 is 0. The molecule has 1 fully saturated rings. The van der Waals surface area contributed by atoms with E-state index in [1.54, 1.807) is 0 Å². The van der Waals surface area contributed by atoms with Crippen LogP contribution >= 0.6 is 0 Å². The number of aryl methyl sites for hydroxylation is 1. The molecule has 2 aliphatic rings. The zero-order valence-electron chi connectivity index (χ0n) is 9.23. The summed E-state index contributed by atoms with van der Waals surface area (Å²) in [4.78, 5) is 8.79. The SMILES string of the molecule is CS(=O)(=O)c1nc(C2CC2)nc2c1CCC2. The number of nitrogens with zero attached hydrogens (tertiary/aromatic N) is 2. The molecular formula is C11H14N2O2S. The number of hydrogen-bond donors (Lipinski definition) is 0. The molecule has 1 heterocycles. The van der Waals surface area contributed by atoms with E-state index >= 15 is 0 Å². The van der Waals surface area contributed by atoms with Crippen LogP contribution in [0.25, 0.3) is 0 Å². The quantitative estimate of drug-likeness (QED) is 0.727. The van der Waals surface area contributed by atoms with Gasteiger partial charge in [-0.2, -0.15) is 0 Å². The van der Waals surface area contributed by atoms with Gasteiger partial charge in [-0.25, -0.2) is 18.4 Å². The molecule has 4 nitrogen and oxygen atoms in total. The van der Waals surface area contributed by atoms with Gasteiger partial charge in [-0.05, 0) is 32.1 Å². The highest BCUT2D eigenvalue weighted by atomic mass is 32.2. The third-order valence-corrected chi connectivity index (χ3v) is 4.25. The molecule has 0 amide bonds. The molecule has 1 saturated carbocycles. The van der Waals surface area contributed by atoms with Crippen molar-refractivity contribution in [2.24, 2.45) is 0 Å². The summed E-state index contributed by atoms with van der Waals surface area (Å²) in [5, 5.41) is 0.289. The fraction of sp³-hybridized carbons (Fsp3) is 0.636. The van der Waals surface area contributed by atoms with E-state index in [0.717, 1.165) is 49.2 Å². The minimum atomic E-state index is -3.21. The third-order valence-electron chi connectivity index (χ3n) is 3.21. The van der Waals surface area contributed by atoms with E-state index in [1.807, 2.05) is 0 Å². The van der Waals surface area contributed by atoms with Crippen molar-refractivity contribution in [1.82, 2.24) is 9.97 Å². The average Bonchev–Trinajstić information content (AvgIpc) is 2.94. The molecule has 0 bridgehead atoms. The molecule has 1 aromatic heterocycles. The summed E-state index contributed by atoms with van der Waals surface area (Å²) in [7, 11) is -3.21. The molecule has 0 aromatic carbocycles. The van der Waals surface area contributed by atoms with E-state index < -0.39 is 9.84 Å². The average molecular weight is 238 g/mol. The predicted octanol–water partition coefficient (Wildman–Crippen LogP) is 1.25. The van der Waals surface area contributed by atoms with Crippen molar-refractivity contribution in [2.75, 3.05) is 6.26 Å². The van der Waals surface area contributed by atoms with Gasteiger partial charge in [0, 0.05) is 23.4 Å². The number of aromatic nitrogens is 2. The Labute approximate surface area is 95.0 Å². The van der Waals surface area contributed by atoms with E-state index in [-0.39, 0.29) is 5.03 Å². The Kier molecular flexibility index (Phi) is 2.08. The van der Waals surface area contributed by atoms with E-state index in [0.29, 0.717) is 5.92 Å². The van der Waals surface area contributed by atoms with Crippen LogP contribution in [-0.2, 0) is 22.7 Å². The highest BCUT2D eigenvalue weighted by Crippen LogP contribution is 2.39. The smallest absolute Gasteiger partial charge is 0.193 e. The largest absolute Gasteiger partial charge is 0.237 e. The number of hydrogen-bond acceptors (Lipinski definition) is 4. The van der Waals surface area contributed by atoms with Crippen LogP contribution in [0.3, 0.4) is 0 Å². The summed E-state index contributed by atoms with van der Waals surface area (Å²) in [6, 6.07) is 0. The lowest BCUT2D eigenvalue weighted by Crippen LogP contribution is -2.10. The van der Waals surface area contributed by atoms with Gasteiger partial charge in [-0.15, -0.1) is 0 Å². The maximum atomic E-state index is 11.7. The number of rotatable bonds is 2. The maximum absolute atomic E-state index is 11.7. The van der Waals surface area contributed by atoms with Gasteiger partial charge in [0.05, 0.1) is 0 Å². The first-order chi connectivity index (χ1) is 7.55. The Morgan fingerprint density at radius 3 is 2.56 bits per heavy atom. The summed E-state index contributed by atoms with van der Waals surface area (Å²) in [5.74, 6) is 1.16. The molecule has 0 unspecified atom stereocenters. The molecule has 86 valence electrons. The van der Waals surface area contributed by atoms with Gasteiger partial charge < -0.3 is 0 Å². The Balaban J connectivity index is 2.21. The molecule has 0 saturated heterocycles. The van der Waals surface area contributed by atoms with Crippen LogP contribution in [-0.4, -0.2) is 24.6 Å². The lowest BCUT2D eigenvalue weighted by atomic mass is 10.2. The lowest BCUT2D eigenvalue weighted by Gasteiger charge is -2.07. The summed E-state index contributed by atoms with van der Waals surface area (Å²) < 4.78 is 23.4. The van der Waals surface area contributed by atoms with Crippen LogP contribution in [0.1, 0.15) is 42.3 Å². The van der Waals surface area contributed by atoms with Crippen molar-refractivity contribution in [1.29, 1.82) is 0 Å². The fourth-order valence-corrected chi connectivity index (χ4v) is 3.17. The molecule has 16 heavy (non-hydrogen) atoms. The van der Waals surface area contributed by atoms with E-state index in [2.05, 4.69) is 9.97 Å². The van der Waals surface area contributed by atoms with E-state index in [9.17, 15) is 8.42 Å². The zero-order chi connectivity index (χ0) is 11.3. The van der Waals surface area contributed by atoms with Crippen LogP contribution in [0.4, 0.5) is 0 Å². The highest BCUT2D eigenvalue weighted by molar-refractivity contribution is 7.90. The topological polar surface area (TPSA) is 59.9 Å². The van der Waals surface area contributed by atoms with Gasteiger partial charge in [0.2, 0.25) is 0 Å². The van der Waals surface area contributed by atoms with E-state index in [1.165, 1.54) is 6.26 Å². The second kappa shape index (κ2) is 3.26. The minimum absolute atomic E-state index is 0.289. The van der Waals surface area contributed by atoms with Crippen molar-refractivity contribution in [3.05, 3.63) is 17.1 Å². The van der Waals surface area contributed by atoms with Crippen LogP contribution in [0.15, 0.2) is 5.03 Å². The molecule has 1 aromatic rings. The number of sulfone groups is 1. The monoisotopic (exact) mass is 238 g/mol. The molecular weight excluding hydrogens is 224 g/mol. The molecule has 2 aliphatic carbocycles. The van der Waals surface area contributed by atoms with Crippen LogP contribution in [0.5, 0.6) is 0 Å². The van der Waals surface area contributed by atoms with Gasteiger partial charge in [0.15, 0.2) is 14.9 Å². The van der Waals surface area contributed by atoms with Gasteiger partial charge in [-0.1, -0.05) is 0 Å². The van der Waals surface area contributed by atoms with Crippen molar-refractivity contribution >= 4 is 9.84 Å². The lowest BCUT2D eigenvalue weighted by molar-refractivity contribution is 0.594. The number of fused-ring (bicyclic) bond motifs is 1. The third kappa shape index (κ3) is 1.63. The maximum Gasteiger partial charge on any atom is 0.193 e. The normalized spacial score (nSPS) is 19.8.